The van der Waals surface area contributed by atoms with Crippen LogP contribution in [0.1, 0.15) is 55.4 Å². The summed E-state index contributed by atoms with van der Waals surface area (Å²) in [7, 11) is 0. The molecular formula is C21H28N2O2S2. The second kappa shape index (κ2) is 9.33. The van der Waals surface area contributed by atoms with E-state index in [0.717, 1.165) is 16.3 Å². The Morgan fingerprint density at radius 1 is 1.26 bits per heavy atom. The summed E-state index contributed by atoms with van der Waals surface area (Å²) >= 11 is 7.00. The van der Waals surface area contributed by atoms with Gasteiger partial charge in [0, 0.05) is 17.3 Å². The summed E-state index contributed by atoms with van der Waals surface area (Å²) in [4.78, 5) is 13.5. The normalized spacial score (nSPS) is 12.3. The van der Waals surface area contributed by atoms with Crippen LogP contribution in [0, 0.1) is 5.41 Å². The topological polar surface area (TPSA) is 50.4 Å². The van der Waals surface area contributed by atoms with Crippen molar-refractivity contribution in [3.8, 4) is 0 Å². The molecule has 2 aromatic rings. The predicted octanol–water partition coefficient (Wildman–Crippen LogP) is 5.24. The number of esters is 1. The number of rotatable bonds is 6. The van der Waals surface area contributed by atoms with Gasteiger partial charge in [-0.25, -0.2) is 4.79 Å². The lowest BCUT2D eigenvalue weighted by Gasteiger charge is -2.29. The van der Waals surface area contributed by atoms with Crippen molar-refractivity contribution in [1.82, 2.24) is 5.32 Å². The number of thiophene rings is 1. The fraction of sp³-hybridized carbons (Fsp3) is 0.429. The van der Waals surface area contributed by atoms with Gasteiger partial charge in [0.05, 0.1) is 12.2 Å². The van der Waals surface area contributed by atoms with Gasteiger partial charge in [-0.3, -0.25) is 0 Å². The van der Waals surface area contributed by atoms with Crippen molar-refractivity contribution in [2.45, 2.75) is 47.1 Å². The molecule has 0 radical (unpaired) electrons. The van der Waals surface area contributed by atoms with Crippen LogP contribution in [0.5, 0.6) is 0 Å². The molecule has 0 saturated heterocycles. The van der Waals surface area contributed by atoms with E-state index in [2.05, 4.69) is 50.5 Å². The maximum absolute atomic E-state index is 12.4. The summed E-state index contributed by atoms with van der Waals surface area (Å²) in [6.45, 7) is 10.7. The average molecular weight is 405 g/mol. The first kappa shape index (κ1) is 21.4. The molecule has 1 atom stereocenters. The number of carbonyl (C=O) groups is 1. The van der Waals surface area contributed by atoms with Gasteiger partial charge in [0.25, 0.3) is 0 Å². The van der Waals surface area contributed by atoms with Crippen molar-refractivity contribution < 1.29 is 9.53 Å². The molecule has 0 fully saturated rings. The quantitative estimate of drug-likeness (QED) is 0.509. The molecule has 2 rings (SSSR count). The number of carbonyl (C=O) groups excluding carboxylic acids is 1. The van der Waals surface area contributed by atoms with Gasteiger partial charge >= 0.3 is 5.97 Å². The molecule has 6 heteroatoms. The highest BCUT2D eigenvalue weighted by Gasteiger charge is 2.22. The Labute approximate surface area is 171 Å². The predicted molar refractivity (Wildman–Crippen MR) is 118 cm³/mol. The van der Waals surface area contributed by atoms with E-state index in [-0.39, 0.29) is 17.4 Å². The van der Waals surface area contributed by atoms with E-state index in [0.29, 0.717) is 17.3 Å². The van der Waals surface area contributed by atoms with Crippen molar-refractivity contribution in [2.24, 2.45) is 5.41 Å². The number of thiocarbonyl (C=S) groups is 1. The van der Waals surface area contributed by atoms with Gasteiger partial charge in [-0.2, -0.15) is 0 Å². The largest absolute Gasteiger partial charge is 0.462 e. The Balaban J connectivity index is 2.19. The number of ether oxygens (including phenoxy) is 1. The summed E-state index contributed by atoms with van der Waals surface area (Å²) in [6.07, 6.45) is 0.762. The minimum Gasteiger partial charge on any atom is -0.462 e. The fourth-order valence-electron chi connectivity index (χ4n) is 2.33. The first-order valence-corrected chi connectivity index (χ1v) is 10.3. The van der Waals surface area contributed by atoms with Gasteiger partial charge in [-0.1, -0.05) is 51.1 Å². The molecule has 0 spiro atoms. The lowest BCUT2D eigenvalue weighted by atomic mass is 9.88. The minimum absolute atomic E-state index is 0.0730. The zero-order valence-electron chi connectivity index (χ0n) is 16.6. The molecule has 0 saturated carbocycles. The Morgan fingerprint density at radius 2 is 1.93 bits per heavy atom. The van der Waals surface area contributed by atoms with Crippen LogP contribution in [0.25, 0.3) is 0 Å². The average Bonchev–Trinajstić information content (AvgIpc) is 2.97. The Kier molecular flexibility index (Phi) is 7.39. The highest BCUT2D eigenvalue weighted by Crippen LogP contribution is 2.31. The molecule has 1 aromatic heterocycles. The number of anilines is 1. The molecule has 146 valence electrons. The second-order valence-electron chi connectivity index (χ2n) is 7.52. The number of benzene rings is 1. The molecule has 1 aromatic carbocycles. The molecule has 0 aliphatic rings. The first-order valence-electron chi connectivity index (χ1n) is 9.12. The van der Waals surface area contributed by atoms with E-state index < -0.39 is 0 Å². The minimum atomic E-state index is -0.331. The summed E-state index contributed by atoms with van der Waals surface area (Å²) in [5, 5.41) is 7.73. The molecule has 0 amide bonds. The first-order chi connectivity index (χ1) is 12.7. The SMILES string of the molecule is CCOC(=O)c1cc(Cc2ccccc2)sc1NC(=S)NC(C)C(C)(C)C. The van der Waals surface area contributed by atoms with Gasteiger partial charge in [0.1, 0.15) is 5.00 Å². The third kappa shape index (κ3) is 6.33. The maximum Gasteiger partial charge on any atom is 0.341 e. The molecule has 2 N–H and O–H groups in total. The molecule has 4 nitrogen and oxygen atoms in total. The van der Waals surface area contributed by atoms with E-state index in [9.17, 15) is 4.79 Å². The lowest BCUT2D eigenvalue weighted by molar-refractivity contribution is 0.0528. The summed E-state index contributed by atoms with van der Waals surface area (Å²) in [6, 6.07) is 12.3. The molecule has 27 heavy (non-hydrogen) atoms. The zero-order chi connectivity index (χ0) is 20.0. The molecule has 1 unspecified atom stereocenters. The smallest absolute Gasteiger partial charge is 0.341 e. The van der Waals surface area contributed by atoms with Crippen molar-refractivity contribution in [3.05, 3.63) is 52.4 Å². The van der Waals surface area contributed by atoms with Crippen LogP contribution in [0.4, 0.5) is 5.00 Å². The van der Waals surface area contributed by atoms with Gasteiger partial charge in [-0.05, 0) is 43.1 Å². The molecule has 0 aliphatic heterocycles. The monoisotopic (exact) mass is 404 g/mol. The van der Waals surface area contributed by atoms with E-state index in [1.54, 1.807) is 6.92 Å². The van der Waals surface area contributed by atoms with Gasteiger partial charge in [-0.15, -0.1) is 11.3 Å². The molecular weight excluding hydrogens is 376 g/mol. The van der Waals surface area contributed by atoms with E-state index in [1.807, 2.05) is 24.3 Å². The lowest BCUT2D eigenvalue weighted by Crippen LogP contribution is -2.43. The van der Waals surface area contributed by atoms with Gasteiger partial charge < -0.3 is 15.4 Å². The Hall–Kier alpha value is -1.92. The van der Waals surface area contributed by atoms with E-state index in [1.165, 1.54) is 16.9 Å². The van der Waals surface area contributed by atoms with Crippen molar-refractivity contribution in [3.63, 3.8) is 0 Å². The third-order valence-electron chi connectivity index (χ3n) is 4.37. The van der Waals surface area contributed by atoms with Crippen LogP contribution in [0.15, 0.2) is 36.4 Å². The van der Waals surface area contributed by atoms with Crippen molar-refractivity contribution in [2.75, 3.05) is 11.9 Å². The van der Waals surface area contributed by atoms with Gasteiger partial charge in [0.15, 0.2) is 5.11 Å². The van der Waals surface area contributed by atoms with E-state index >= 15 is 0 Å². The van der Waals surface area contributed by atoms with Crippen LogP contribution in [-0.2, 0) is 11.2 Å². The number of nitrogens with one attached hydrogen (secondary N) is 2. The van der Waals surface area contributed by atoms with Crippen LogP contribution in [-0.4, -0.2) is 23.7 Å². The fourth-order valence-corrected chi connectivity index (χ4v) is 3.76. The van der Waals surface area contributed by atoms with Crippen LogP contribution in [0.3, 0.4) is 0 Å². The van der Waals surface area contributed by atoms with Crippen LogP contribution in [0.2, 0.25) is 0 Å². The molecule has 0 aliphatic carbocycles. The molecule has 1 heterocycles. The summed E-state index contributed by atoms with van der Waals surface area (Å²) in [5.74, 6) is -0.331. The van der Waals surface area contributed by atoms with E-state index in [4.69, 9.17) is 17.0 Å². The summed E-state index contributed by atoms with van der Waals surface area (Å²) in [5.41, 5.74) is 1.80. The van der Waals surface area contributed by atoms with Crippen LogP contribution >= 0.6 is 23.6 Å². The highest BCUT2D eigenvalue weighted by atomic mass is 32.1. The maximum atomic E-state index is 12.4. The van der Waals surface area contributed by atoms with Crippen molar-refractivity contribution >= 4 is 39.6 Å². The third-order valence-corrected chi connectivity index (χ3v) is 5.64. The number of hydrogen-bond acceptors (Lipinski definition) is 4. The van der Waals surface area contributed by atoms with Gasteiger partial charge in [0.2, 0.25) is 0 Å². The number of hydrogen-bond donors (Lipinski definition) is 2. The van der Waals surface area contributed by atoms with Crippen LogP contribution < -0.4 is 10.6 Å². The Bertz CT molecular complexity index is 779. The summed E-state index contributed by atoms with van der Waals surface area (Å²) < 4.78 is 5.21. The second-order valence-corrected chi connectivity index (χ2v) is 9.07. The molecule has 0 bridgehead atoms. The standard InChI is InChI=1S/C21H28N2O2S2/c1-6-25-19(24)17-13-16(12-15-10-8-7-9-11-15)27-18(17)23-20(26)22-14(2)21(3,4)5/h7-11,13-14H,6,12H2,1-5H3,(H2,22,23,26). The van der Waals surface area contributed by atoms with Crippen molar-refractivity contribution in [1.29, 1.82) is 0 Å². The zero-order valence-corrected chi connectivity index (χ0v) is 18.2. The Morgan fingerprint density at radius 3 is 2.52 bits per heavy atom. The highest BCUT2D eigenvalue weighted by molar-refractivity contribution is 7.80.